The summed E-state index contributed by atoms with van der Waals surface area (Å²) < 4.78 is 2.46. The van der Waals surface area contributed by atoms with Gasteiger partial charge in [0.05, 0.1) is 16.4 Å². The fraction of sp³-hybridized carbons (Fsp3) is 0.143. The van der Waals surface area contributed by atoms with Gasteiger partial charge in [-0.2, -0.15) is 9.78 Å². The van der Waals surface area contributed by atoms with Crippen LogP contribution in [0, 0.1) is 0 Å². The molecule has 0 aliphatic carbocycles. The van der Waals surface area contributed by atoms with Crippen LogP contribution in [-0.2, 0) is 0 Å². The molecule has 0 saturated heterocycles. The van der Waals surface area contributed by atoms with Gasteiger partial charge in [0.1, 0.15) is 0 Å². The van der Waals surface area contributed by atoms with Gasteiger partial charge in [0.15, 0.2) is 0 Å². The molecule has 3 nitrogen and oxygen atoms in total. The van der Waals surface area contributed by atoms with E-state index in [1.54, 1.807) is 17.5 Å². The van der Waals surface area contributed by atoms with E-state index in [-0.39, 0.29) is 5.91 Å². The number of carbonyl (C=O) groups excluding carboxylic acids is 1. The maximum absolute atomic E-state index is 10.9. The van der Waals surface area contributed by atoms with Gasteiger partial charge in [0.25, 0.3) is 0 Å². The van der Waals surface area contributed by atoms with Crippen LogP contribution in [0.25, 0.3) is 10.2 Å². The van der Waals surface area contributed by atoms with Crippen LogP contribution in [0.4, 0.5) is 0 Å². The first kappa shape index (κ1) is 6.54. The highest BCUT2D eigenvalue weighted by molar-refractivity contribution is 7.17. The number of thiophene rings is 1. The quantitative estimate of drug-likeness (QED) is 0.597. The highest BCUT2D eigenvalue weighted by Gasteiger charge is 2.05. The number of carbonyl (C=O) groups is 1. The van der Waals surface area contributed by atoms with E-state index < -0.39 is 0 Å². The molecule has 2 rings (SSSR count). The standard InChI is InChI=1S/C7H6N2OS/c1-5(10)9-6-2-3-11-7(6)4-8-9/h2-4H,1H3. The summed E-state index contributed by atoms with van der Waals surface area (Å²) in [4.78, 5) is 10.9. The predicted octanol–water partition coefficient (Wildman–Crippen LogP) is 1.76. The minimum Gasteiger partial charge on any atom is -0.273 e. The van der Waals surface area contributed by atoms with E-state index in [9.17, 15) is 4.79 Å². The molecule has 0 bridgehead atoms. The highest BCUT2D eigenvalue weighted by Crippen LogP contribution is 2.19. The van der Waals surface area contributed by atoms with Crippen molar-refractivity contribution in [3.63, 3.8) is 0 Å². The van der Waals surface area contributed by atoms with Crippen molar-refractivity contribution in [2.75, 3.05) is 0 Å². The zero-order valence-corrected chi connectivity index (χ0v) is 6.76. The normalized spacial score (nSPS) is 10.6. The molecule has 0 atom stereocenters. The summed E-state index contributed by atoms with van der Waals surface area (Å²) >= 11 is 1.59. The zero-order chi connectivity index (χ0) is 7.84. The van der Waals surface area contributed by atoms with Crippen LogP contribution >= 0.6 is 11.3 Å². The number of aromatic nitrogens is 2. The van der Waals surface area contributed by atoms with Crippen molar-refractivity contribution in [1.29, 1.82) is 0 Å². The second-order valence-corrected chi connectivity index (χ2v) is 3.19. The van der Waals surface area contributed by atoms with Crippen LogP contribution in [0.15, 0.2) is 17.6 Å². The van der Waals surface area contributed by atoms with Crippen molar-refractivity contribution in [3.8, 4) is 0 Å². The smallest absolute Gasteiger partial charge is 0.244 e. The van der Waals surface area contributed by atoms with Crippen molar-refractivity contribution in [2.45, 2.75) is 6.92 Å². The van der Waals surface area contributed by atoms with E-state index in [4.69, 9.17) is 0 Å². The van der Waals surface area contributed by atoms with E-state index >= 15 is 0 Å². The first-order valence-electron chi connectivity index (χ1n) is 3.21. The van der Waals surface area contributed by atoms with Crippen molar-refractivity contribution < 1.29 is 4.79 Å². The Morgan fingerprint density at radius 3 is 3.27 bits per heavy atom. The van der Waals surface area contributed by atoms with Crippen LogP contribution in [0.2, 0.25) is 0 Å². The lowest BCUT2D eigenvalue weighted by molar-refractivity contribution is 0.0927. The SMILES string of the molecule is CC(=O)n1ncc2sccc21. The largest absolute Gasteiger partial charge is 0.273 e. The number of nitrogens with zero attached hydrogens (tertiary/aromatic N) is 2. The number of hydrogen-bond acceptors (Lipinski definition) is 3. The molecule has 56 valence electrons. The molecular formula is C7H6N2OS. The van der Waals surface area contributed by atoms with Crippen molar-refractivity contribution in [2.24, 2.45) is 0 Å². The van der Waals surface area contributed by atoms with Crippen LogP contribution in [0.5, 0.6) is 0 Å². The molecule has 11 heavy (non-hydrogen) atoms. The maximum Gasteiger partial charge on any atom is 0.244 e. The molecule has 0 amide bonds. The molecule has 2 heterocycles. The first-order valence-corrected chi connectivity index (χ1v) is 4.09. The van der Waals surface area contributed by atoms with Gasteiger partial charge in [-0.05, 0) is 11.4 Å². The van der Waals surface area contributed by atoms with Crippen LogP contribution in [0.3, 0.4) is 0 Å². The minimum absolute atomic E-state index is 0.0431. The van der Waals surface area contributed by atoms with Crippen molar-refractivity contribution >= 4 is 27.5 Å². The molecule has 0 fully saturated rings. The summed E-state index contributed by atoms with van der Waals surface area (Å²) in [5.41, 5.74) is 0.905. The van der Waals surface area contributed by atoms with Gasteiger partial charge in [-0.1, -0.05) is 0 Å². The number of rotatable bonds is 0. The van der Waals surface area contributed by atoms with Gasteiger partial charge in [0, 0.05) is 6.92 Å². The van der Waals surface area contributed by atoms with E-state index in [0.717, 1.165) is 10.2 Å². The Morgan fingerprint density at radius 2 is 2.55 bits per heavy atom. The summed E-state index contributed by atoms with van der Waals surface area (Å²) in [6, 6.07) is 1.90. The molecule has 2 aromatic rings. The molecule has 0 spiro atoms. The van der Waals surface area contributed by atoms with Crippen molar-refractivity contribution in [1.82, 2.24) is 9.78 Å². The molecule has 2 aromatic heterocycles. The Balaban J connectivity index is 2.78. The lowest BCUT2D eigenvalue weighted by Gasteiger charge is -1.91. The number of hydrogen-bond donors (Lipinski definition) is 0. The molecule has 0 N–H and O–H groups in total. The minimum atomic E-state index is -0.0431. The Labute approximate surface area is 67.3 Å². The van der Waals surface area contributed by atoms with Crippen LogP contribution < -0.4 is 0 Å². The first-order chi connectivity index (χ1) is 5.29. The Bertz CT molecular complexity index is 401. The van der Waals surface area contributed by atoms with E-state index in [1.165, 1.54) is 11.6 Å². The van der Waals surface area contributed by atoms with Gasteiger partial charge >= 0.3 is 0 Å². The maximum atomic E-state index is 10.9. The fourth-order valence-corrected chi connectivity index (χ4v) is 1.74. The fourth-order valence-electron chi connectivity index (χ4n) is 1.01. The van der Waals surface area contributed by atoms with Gasteiger partial charge in [0.2, 0.25) is 5.91 Å². The third kappa shape index (κ3) is 0.867. The topological polar surface area (TPSA) is 34.9 Å². The van der Waals surface area contributed by atoms with Crippen molar-refractivity contribution in [3.05, 3.63) is 17.6 Å². The summed E-state index contributed by atoms with van der Waals surface area (Å²) in [5.74, 6) is -0.0431. The van der Waals surface area contributed by atoms with Gasteiger partial charge in [-0.15, -0.1) is 11.3 Å². The molecule has 0 unspecified atom stereocenters. The average molecular weight is 166 g/mol. The highest BCUT2D eigenvalue weighted by atomic mass is 32.1. The molecule has 4 heteroatoms. The average Bonchev–Trinajstić information content (AvgIpc) is 2.41. The Kier molecular flexibility index (Phi) is 1.29. The summed E-state index contributed by atoms with van der Waals surface area (Å²) in [6.07, 6.45) is 1.71. The summed E-state index contributed by atoms with van der Waals surface area (Å²) in [6.45, 7) is 1.50. The summed E-state index contributed by atoms with van der Waals surface area (Å²) in [5, 5.41) is 5.88. The molecular weight excluding hydrogens is 160 g/mol. The van der Waals surface area contributed by atoms with Crippen LogP contribution in [-0.4, -0.2) is 15.7 Å². The lowest BCUT2D eigenvalue weighted by Crippen LogP contribution is -2.05. The third-order valence-electron chi connectivity index (χ3n) is 1.49. The molecule has 0 aliphatic heterocycles. The van der Waals surface area contributed by atoms with Gasteiger partial charge in [-0.25, -0.2) is 0 Å². The zero-order valence-electron chi connectivity index (χ0n) is 5.94. The second kappa shape index (κ2) is 2.17. The van der Waals surface area contributed by atoms with Crippen LogP contribution in [0.1, 0.15) is 11.7 Å². The molecule has 0 saturated carbocycles. The second-order valence-electron chi connectivity index (χ2n) is 2.25. The van der Waals surface area contributed by atoms with Gasteiger partial charge < -0.3 is 0 Å². The van der Waals surface area contributed by atoms with E-state index in [0.29, 0.717) is 0 Å². The van der Waals surface area contributed by atoms with E-state index in [1.807, 2.05) is 11.4 Å². The van der Waals surface area contributed by atoms with E-state index in [2.05, 4.69) is 5.10 Å². The molecule has 0 radical (unpaired) electrons. The number of fused-ring (bicyclic) bond motifs is 1. The Morgan fingerprint density at radius 1 is 1.73 bits per heavy atom. The Hall–Kier alpha value is -1.16. The van der Waals surface area contributed by atoms with Gasteiger partial charge in [-0.3, -0.25) is 4.79 Å². The third-order valence-corrected chi connectivity index (χ3v) is 2.33. The monoisotopic (exact) mass is 166 g/mol. The lowest BCUT2D eigenvalue weighted by atomic mass is 10.5. The predicted molar refractivity (Wildman–Crippen MR) is 43.9 cm³/mol. The molecule has 0 aliphatic rings. The molecule has 0 aromatic carbocycles. The summed E-state index contributed by atoms with van der Waals surface area (Å²) in [7, 11) is 0.